The van der Waals surface area contributed by atoms with Crippen LogP contribution >= 0.6 is 7.60 Å². The Hall–Kier alpha value is -0.420. The van der Waals surface area contributed by atoms with Crippen LogP contribution in [-0.2, 0) is 9.09 Å². The first-order valence-corrected chi connectivity index (χ1v) is 4.28. The van der Waals surface area contributed by atoms with Gasteiger partial charge in [-0.2, -0.15) is 0 Å². The van der Waals surface area contributed by atoms with E-state index in [1.165, 1.54) is 6.54 Å². The van der Waals surface area contributed by atoms with Gasteiger partial charge in [0.25, 0.3) is 0 Å². The normalized spacial score (nSPS) is 15.8. The summed E-state index contributed by atoms with van der Waals surface area (Å²) in [6.07, 6.45) is 0. The molecule has 6 nitrogen and oxygen atoms in total. The van der Waals surface area contributed by atoms with Crippen LogP contribution in [0.5, 0.6) is 0 Å². The molecule has 0 aliphatic rings. The van der Waals surface area contributed by atoms with Crippen LogP contribution in [0.4, 0.5) is 4.79 Å². The first-order chi connectivity index (χ1) is 5.00. The predicted molar refractivity (Wildman–Crippen MR) is 37.2 cm³/mol. The lowest BCUT2D eigenvalue weighted by atomic mass is 10.7. The van der Waals surface area contributed by atoms with Gasteiger partial charge in [-0.05, 0) is 7.05 Å². The Morgan fingerprint density at radius 2 is 2.36 bits per heavy atom. The molecule has 0 aromatic rings. The first kappa shape index (κ1) is 10.6. The van der Waals surface area contributed by atoms with Gasteiger partial charge in [0.05, 0.1) is 6.61 Å². The third kappa shape index (κ3) is 4.10. The van der Waals surface area contributed by atoms with Crippen LogP contribution in [0.15, 0.2) is 0 Å². The van der Waals surface area contributed by atoms with Crippen molar-refractivity contribution in [3.63, 3.8) is 0 Å². The van der Waals surface area contributed by atoms with E-state index in [0.717, 1.165) is 0 Å². The molecule has 0 amide bonds. The fourth-order valence-electron chi connectivity index (χ4n) is 0.277. The van der Waals surface area contributed by atoms with Gasteiger partial charge in [-0.25, -0.2) is 9.36 Å². The topological polar surface area (TPSA) is 95.9 Å². The molecule has 7 heteroatoms. The zero-order chi connectivity index (χ0) is 8.91. The molecule has 0 bridgehead atoms. The van der Waals surface area contributed by atoms with E-state index in [9.17, 15) is 9.36 Å². The average molecular weight is 182 g/mol. The summed E-state index contributed by atoms with van der Waals surface area (Å²) in [5, 5.41) is 10.6. The van der Waals surface area contributed by atoms with Gasteiger partial charge < -0.3 is 15.3 Å². The van der Waals surface area contributed by atoms with Crippen molar-refractivity contribution >= 4 is 13.3 Å². The highest BCUT2D eigenvalue weighted by Gasteiger charge is 2.29. The fraction of sp³-hybridized carbons (Fsp3) is 0.500. The van der Waals surface area contributed by atoms with Crippen LogP contribution < -0.4 is 5.32 Å². The summed E-state index contributed by atoms with van der Waals surface area (Å²) in [5.74, 6) is 0. The van der Waals surface area contributed by atoms with Gasteiger partial charge in [0.15, 0.2) is 0 Å². The molecule has 3 N–H and O–H groups in total. The minimum absolute atomic E-state index is 0.226. The number of likely N-dealkylation sites (N-methyl/N-ethyl adjacent to an activating group) is 1. The third-order valence-electron chi connectivity index (χ3n) is 0.779. The van der Waals surface area contributed by atoms with Crippen LogP contribution in [0.1, 0.15) is 0 Å². The van der Waals surface area contributed by atoms with E-state index in [-0.39, 0.29) is 6.61 Å². The van der Waals surface area contributed by atoms with Crippen molar-refractivity contribution < 1.29 is 23.9 Å². The van der Waals surface area contributed by atoms with Crippen molar-refractivity contribution in [3.8, 4) is 0 Å². The van der Waals surface area contributed by atoms with Gasteiger partial charge in [0.2, 0.25) is 0 Å². The summed E-state index contributed by atoms with van der Waals surface area (Å²) >= 11 is 0. The summed E-state index contributed by atoms with van der Waals surface area (Å²) in [6, 6.07) is 0. The van der Waals surface area contributed by atoms with Crippen molar-refractivity contribution in [2.24, 2.45) is 0 Å². The van der Waals surface area contributed by atoms with Gasteiger partial charge in [0, 0.05) is 6.54 Å². The molecule has 0 heterocycles. The molecule has 0 aliphatic heterocycles. The molecule has 1 unspecified atom stereocenters. The molecule has 0 fully saturated rings. The van der Waals surface area contributed by atoms with Crippen LogP contribution in [0.3, 0.4) is 0 Å². The Balaban J connectivity index is 3.74. The van der Waals surface area contributed by atoms with Crippen molar-refractivity contribution in [2.45, 2.75) is 0 Å². The van der Waals surface area contributed by atoms with Gasteiger partial charge in [-0.15, -0.1) is 0 Å². The zero-order valence-electron chi connectivity index (χ0n) is 5.85. The fourth-order valence-corrected chi connectivity index (χ4v) is 0.664. The molecule has 0 rings (SSSR count). The SMILES string of the molecule is CN[CH]COP(=O)(O)C(=O)O. The number of hydrogen-bond acceptors (Lipinski definition) is 4. The van der Waals surface area contributed by atoms with Gasteiger partial charge in [0.1, 0.15) is 0 Å². The quantitative estimate of drug-likeness (QED) is 0.416. The summed E-state index contributed by atoms with van der Waals surface area (Å²) in [5.41, 5.74) is -1.85. The Morgan fingerprint density at radius 3 is 2.73 bits per heavy atom. The molecule has 1 atom stereocenters. The maximum Gasteiger partial charge on any atom is 0.435 e. The van der Waals surface area contributed by atoms with E-state index in [1.807, 2.05) is 0 Å². The molecule has 0 aromatic heterocycles. The van der Waals surface area contributed by atoms with E-state index in [2.05, 4.69) is 9.84 Å². The second-order valence-electron chi connectivity index (χ2n) is 1.59. The van der Waals surface area contributed by atoms with Crippen molar-refractivity contribution in [2.75, 3.05) is 13.7 Å². The summed E-state index contributed by atoms with van der Waals surface area (Å²) < 4.78 is 14.6. The lowest BCUT2D eigenvalue weighted by Gasteiger charge is -2.05. The van der Waals surface area contributed by atoms with E-state index in [1.54, 1.807) is 7.05 Å². The van der Waals surface area contributed by atoms with Crippen molar-refractivity contribution in [3.05, 3.63) is 6.54 Å². The Morgan fingerprint density at radius 1 is 1.82 bits per heavy atom. The second kappa shape index (κ2) is 4.46. The molecule has 11 heavy (non-hydrogen) atoms. The van der Waals surface area contributed by atoms with Gasteiger partial charge in [-0.1, -0.05) is 0 Å². The van der Waals surface area contributed by atoms with Crippen LogP contribution in [0, 0.1) is 6.54 Å². The third-order valence-corrected chi connectivity index (χ3v) is 1.76. The molecule has 0 aromatic carbocycles. The Labute approximate surface area is 63.7 Å². The number of rotatable bonds is 5. The van der Waals surface area contributed by atoms with E-state index in [4.69, 9.17) is 10.00 Å². The molecule has 0 saturated carbocycles. The molecule has 65 valence electrons. The minimum atomic E-state index is -4.45. The van der Waals surface area contributed by atoms with Crippen molar-refractivity contribution in [1.29, 1.82) is 0 Å². The lowest BCUT2D eigenvalue weighted by Crippen LogP contribution is -2.08. The van der Waals surface area contributed by atoms with Crippen LogP contribution in [0.25, 0.3) is 0 Å². The van der Waals surface area contributed by atoms with Gasteiger partial charge >= 0.3 is 13.3 Å². The molecular formula is C4H9NO5P. The number of hydrogen-bond donors (Lipinski definition) is 3. The van der Waals surface area contributed by atoms with E-state index in [0.29, 0.717) is 0 Å². The predicted octanol–water partition coefficient (Wildman–Crippen LogP) is 0.248. The smallest absolute Gasteiger partial charge is 0.435 e. The maximum atomic E-state index is 10.5. The molecule has 0 spiro atoms. The van der Waals surface area contributed by atoms with E-state index < -0.39 is 13.3 Å². The Bertz CT molecular complexity index is 181. The van der Waals surface area contributed by atoms with Crippen LogP contribution in [0.2, 0.25) is 0 Å². The average Bonchev–Trinajstić information content (AvgIpc) is 1.88. The molecule has 0 aliphatic carbocycles. The highest BCUT2D eigenvalue weighted by molar-refractivity contribution is 7.70. The first-order valence-electron chi connectivity index (χ1n) is 2.70. The summed E-state index contributed by atoms with van der Waals surface area (Å²) in [6.45, 7) is 1.09. The Kier molecular flexibility index (Phi) is 4.29. The molecule has 0 saturated heterocycles. The minimum Gasteiger partial charge on any atom is -0.472 e. The summed E-state index contributed by atoms with van der Waals surface area (Å²) in [7, 11) is -2.89. The monoisotopic (exact) mass is 182 g/mol. The zero-order valence-corrected chi connectivity index (χ0v) is 6.75. The largest absolute Gasteiger partial charge is 0.472 e. The highest BCUT2D eigenvalue weighted by Crippen LogP contribution is 2.42. The number of carbonyl (C=O) groups is 1. The maximum absolute atomic E-state index is 10.5. The number of carboxylic acid groups (broad SMARTS) is 1. The molecule has 1 radical (unpaired) electrons. The standard InChI is InChI=1S/C4H9NO5P/c1-5-2-3-10-11(8,9)4(6)7/h2,5H,3H2,1H3,(H,6,7)(H,8,9). The van der Waals surface area contributed by atoms with Crippen molar-refractivity contribution in [1.82, 2.24) is 5.32 Å². The highest BCUT2D eigenvalue weighted by atomic mass is 31.2. The van der Waals surface area contributed by atoms with Crippen LogP contribution in [-0.4, -0.2) is 29.4 Å². The lowest BCUT2D eigenvalue weighted by molar-refractivity contribution is 0.199. The second-order valence-corrected chi connectivity index (χ2v) is 3.27. The molecular weight excluding hydrogens is 173 g/mol. The van der Waals surface area contributed by atoms with E-state index >= 15 is 0 Å². The van der Waals surface area contributed by atoms with Gasteiger partial charge in [-0.3, -0.25) is 4.52 Å². The number of nitrogens with one attached hydrogen (secondary N) is 1. The summed E-state index contributed by atoms with van der Waals surface area (Å²) in [4.78, 5) is 18.4.